The van der Waals surface area contributed by atoms with Gasteiger partial charge in [0.2, 0.25) is 6.04 Å². The van der Waals surface area contributed by atoms with Crippen molar-refractivity contribution in [3.8, 4) is 0 Å². The summed E-state index contributed by atoms with van der Waals surface area (Å²) in [7, 11) is 1.96. The van der Waals surface area contributed by atoms with Crippen LogP contribution in [0.4, 0.5) is 13.2 Å². The van der Waals surface area contributed by atoms with E-state index in [1.54, 1.807) is 23.9 Å². The molecule has 2 heterocycles. The fraction of sp³-hybridized carbons (Fsp3) is 0.217. The second-order valence-electron chi connectivity index (χ2n) is 7.66. The molecule has 2 aliphatic rings. The summed E-state index contributed by atoms with van der Waals surface area (Å²) in [5.74, 6) is 0. The van der Waals surface area contributed by atoms with Crippen LogP contribution in [0, 0.1) is 4.91 Å². The SMILES string of the molecule is CN1C=CC=C2C(Sc3ccc(Cl)cc3)=C(c3ccc(C(N=O)C(F)(F)F)cc3)NC21C. The van der Waals surface area contributed by atoms with E-state index >= 15 is 0 Å². The minimum Gasteiger partial charge on any atom is -0.358 e. The highest BCUT2D eigenvalue weighted by molar-refractivity contribution is 8.03. The van der Waals surface area contributed by atoms with E-state index in [2.05, 4.69) is 10.5 Å². The molecule has 2 unspecified atom stereocenters. The predicted octanol–water partition coefficient (Wildman–Crippen LogP) is 6.88. The lowest BCUT2D eigenvalue weighted by Gasteiger charge is -2.39. The van der Waals surface area contributed by atoms with Gasteiger partial charge in [0.25, 0.3) is 0 Å². The highest BCUT2D eigenvalue weighted by Crippen LogP contribution is 2.48. The Bertz CT molecular complexity index is 1130. The Hall–Kier alpha value is -2.71. The molecule has 0 fully saturated rings. The van der Waals surface area contributed by atoms with Gasteiger partial charge in [0.1, 0.15) is 5.66 Å². The van der Waals surface area contributed by atoms with Crippen molar-refractivity contribution in [3.05, 3.63) is 98.4 Å². The summed E-state index contributed by atoms with van der Waals surface area (Å²) in [4.78, 5) is 14.8. The maximum Gasteiger partial charge on any atom is 0.418 e. The monoisotopic (exact) mass is 477 g/mol. The maximum absolute atomic E-state index is 13.1. The molecule has 0 aliphatic carbocycles. The number of allylic oxidation sites excluding steroid dienone is 2. The molecule has 9 heteroatoms. The van der Waals surface area contributed by atoms with Crippen LogP contribution in [0.15, 0.2) is 87.4 Å². The van der Waals surface area contributed by atoms with Gasteiger partial charge >= 0.3 is 6.18 Å². The third-order valence-corrected chi connectivity index (χ3v) is 6.99. The van der Waals surface area contributed by atoms with Gasteiger partial charge in [-0.2, -0.15) is 13.2 Å². The van der Waals surface area contributed by atoms with E-state index in [4.69, 9.17) is 11.6 Å². The number of hydrogen-bond acceptors (Lipinski definition) is 5. The van der Waals surface area contributed by atoms with Crippen LogP contribution in [-0.2, 0) is 0 Å². The normalized spacial score (nSPS) is 21.2. The molecule has 0 amide bonds. The number of halogens is 4. The molecule has 32 heavy (non-hydrogen) atoms. The van der Waals surface area contributed by atoms with Gasteiger partial charge in [0.05, 0.1) is 5.70 Å². The van der Waals surface area contributed by atoms with E-state index in [1.807, 2.05) is 61.5 Å². The summed E-state index contributed by atoms with van der Waals surface area (Å²) in [6.45, 7) is 2.04. The number of benzene rings is 2. The summed E-state index contributed by atoms with van der Waals surface area (Å²) in [6.07, 6.45) is 1.21. The average molecular weight is 478 g/mol. The topological polar surface area (TPSA) is 44.7 Å². The van der Waals surface area contributed by atoms with E-state index in [0.29, 0.717) is 10.6 Å². The number of hydrogen-bond donors (Lipinski definition) is 1. The van der Waals surface area contributed by atoms with E-state index in [0.717, 1.165) is 21.1 Å². The Labute approximate surface area is 192 Å². The third-order valence-electron chi connectivity index (χ3n) is 5.61. The summed E-state index contributed by atoms with van der Waals surface area (Å²) in [5.41, 5.74) is 1.84. The van der Waals surface area contributed by atoms with Crippen molar-refractivity contribution < 1.29 is 13.2 Å². The van der Waals surface area contributed by atoms with Gasteiger partial charge < -0.3 is 10.2 Å². The Balaban J connectivity index is 1.77. The first-order chi connectivity index (χ1) is 15.1. The molecule has 0 radical (unpaired) electrons. The highest BCUT2D eigenvalue weighted by atomic mass is 35.5. The van der Waals surface area contributed by atoms with Crippen molar-refractivity contribution in [1.29, 1.82) is 0 Å². The van der Waals surface area contributed by atoms with Gasteiger partial charge in [-0.15, -0.1) is 4.91 Å². The molecule has 2 aromatic carbocycles. The number of fused-ring (bicyclic) bond motifs is 1. The summed E-state index contributed by atoms with van der Waals surface area (Å²) in [6, 6.07) is 10.8. The number of rotatable bonds is 5. The first kappa shape index (κ1) is 22.5. The molecule has 2 aromatic rings. The van der Waals surface area contributed by atoms with E-state index in [-0.39, 0.29) is 5.56 Å². The number of thioether (sulfide) groups is 1. The molecule has 4 rings (SSSR count). The molecular weight excluding hydrogens is 459 g/mol. The van der Waals surface area contributed by atoms with Crippen LogP contribution in [0.25, 0.3) is 5.70 Å². The van der Waals surface area contributed by atoms with Crippen LogP contribution >= 0.6 is 23.4 Å². The number of nitroso groups, excluding NO2 is 1. The fourth-order valence-electron chi connectivity index (χ4n) is 3.73. The van der Waals surface area contributed by atoms with Crippen molar-refractivity contribution >= 4 is 29.1 Å². The second kappa shape index (κ2) is 8.33. The van der Waals surface area contributed by atoms with Crippen molar-refractivity contribution in [3.63, 3.8) is 0 Å². The van der Waals surface area contributed by atoms with Crippen molar-refractivity contribution in [1.82, 2.24) is 10.2 Å². The quantitative estimate of drug-likeness (QED) is 0.477. The molecule has 0 saturated heterocycles. The van der Waals surface area contributed by atoms with Gasteiger partial charge in [0.15, 0.2) is 0 Å². The van der Waals surface area contributed by atoms with Crippen molar-refractivity contribution in [2.45, 2.75) is 29.7 Å². The Morgan fingerprint density at radius 2 is 1.78 bits per heavy atom. The smallest absolute Gasteiger partial charge is 0.358 e. The molecule has 166 valence electrons. The highest BCUT2D eigenvalue weighted by Gasteiger charge is 2.44. The number of nitrogens with one attached hydrogen (secondary N) is 1. The predicted molar refractivity (Wildman–Crippen MR) is 122 cm³/mol. The van der Waals surface area contributed by atoms with E-state index < -0.39 is 17.9 Å². The van der Waals surface area contributed by atoms with Crippen LogP contribution in [0.5, 0.6) is 0 Å². The first-order valence-corrected chi connectivity index (χ1v) is 10.9. The molecule has 0 bridgehead atoms. The summed E-state index contributed by atoms with van der Waals surface area (Å²) in [5, 5.41) is 6.45. The lowest BCUT2D eigenvalue weighted by Crippen LogP contribution is -2.51. The van der Waals surface area contributed by atoms with E-state index in [9.17, 15) is 18.1 Å². The molecule has 4 nitrogen and oxygen atoms in total. The minimum atomic E-state index is -4.73. The number of nitrogens with zero attached hydrogens (tertiary/aromatic N) is 2. The Morgan fingerprint density at radius 1 is 1.12 bits per heavy atom. The Morgan fingerprint density at radius 3 is 2.38 bits per heavy atom. The third kappa shape index (κ3) is 4.04. The maximum atomic E-state index is 13.1. The van der Waals surface area contributed by atoms with Crippen LogP contribution in [-0.4, -0.2) is 23.8 Å². The van der Waals surface area contributed by atoms with Crippen LogP contribution < -0.4 is 5.32 Å². The molecule has 0 spiro atoms. The molecule has 2 atom stereocenters. The van der Waals surface area contributed by atoms with Gasteiger partial charge in [0, 0.05) is 33.6 Å². The fourth-order valence-corrected chi connectivity index (χ4v) is 5.01. The zero-order chi connectivity index (χ0) is 23.1. The molecular formula is C23H19ClF3N3OS. The number of likely N-dealkylation sites (N-methyl/N-ethyl adjacent to an activating group) is 1. The average Bonchev–Trinajstić information content (AvgIpc) is 3.04. The molecule has 0 aromatic heterocycles. The van der Waals surface area contributed by atoms with Gasteiger partial charge in [-0.05, 0) is 48.4 Å². The van der Waals surface area contributed by atoms with Gasteiger partial charge in [-0.1, -0.05) is 58.9 Å². The van der Waals surface area contributed by atoms with Gasteiger partial charge in [-0.25, -0.2) is 0 Å². The standard InChI is InChI=1S/C23H19ClF3N3OS/c1-22-18(4-3-13-30(22)2)20(32-17-11-9-16(24)10-12-17)19(28-22)14-5-7-15(8-6-14)21(29-31)23(25,26)27/h3-13,21,28H,1-2H3. The first-order valence-electron chi connectivity index (χ1n) is 9.71. The lowest BCUT2D eigenvalue weighted by atomic mass is 9.99. The summed E-state index contributed by atoms with van der Waals surface area (Å²) < 4.78 is 39.3. The molecule has 1 N–H and O–H groups in total. The molecule has 2 aliphatic heterocycles. The minimum absolute atomic E-state index is 0.191. The zero-order valence-corrected chi connectivity index (χ0v) is 18.7. The van der Waals surface area contributed by atoms with Crippen LogP contribution in [0.1, 0.15) is 24.1 Å². The van der Waals surface area contributed by atoms with E-state index in [1.165, 1.54) is 12.1 Å². The van der Waals surface area contributed by atoms with Crippen LogP contribution in [0.3, 0.4) is 0 Å². The van der Waals surface area contributed by atoms with Crippen molar-refractivity contribution in [2.24, 2.45) is 5.18 Å². The van der Waals surface area contributed by atoms with Crippen molar-refractivity contribution in [2.75, 3.05) is 7.05 Å². The largest absolute Gasteiger partial charge is 0.418 e. The number of alkyl halides is 3. The summed E-state index contributed by atoms with van der Waals surface area (Å²) >= 11 is 7.57. The second-order valence-corrected chi connectivity index (χ2v) is 9.18. The van der Waals surface area contributed by atoms with Crippen LogP contribution in [0.2, 0.25) is 5.02 Å². The molecule has 0 saturated carbocycles. The Kier molecular flexibility index (Phi) is 5.85. The van der Waals surface area contributed by atoms with Gasteiger partial charge in [-0.3, -0.25) is 0 Å². The zero-order valence-electron chi connectivity index (χ0n) is 17.2. The lowest BCUT2D eigenvalue weighted by molar-refractivity contribution is -0.148.